The molecule has 106 valence electrons. The Bertz CT molecular complexity index is 612. The van der Waals surface area contributed by atoms with Crippen LogP contribution in [-0.4, -0.2) is 0 Å². The molecule has 2 aromatic rings. The van der Waals surface area contributed by atoms with Crippen LogP contribution in [0.2, 0.25) is 5.02 Å². The highest BCUT2D eigenvalue weighted by molar-refractivity contribution is 6.32. The van der Waals surface area contributed by atoms with Gasteiger partial charge in [0.1, 0.15) is 11.5 Å². The summed E-state index contributed by atoms with van der Waals surface area (Å²) in [5.74, 6) is -0.0266. The lowest BCUT2D eigenvalue weighted by Crippen LogP contribution is -2.07. The van der Waals surface area contributed by atoms with Crippen molar-refractivity contribution in [2.75, 3.05) is 0 Å². The third-order valence-electron chi connectivity index (χ3n) is 2.62. The van der Waals surface area contributed by atoms with Gasteiger partial charge in [0.25, 0.3) is 0 Å². The Morgan fingerprint density at radius 2 is 1.60 bits per heavy atom. The topological polar surface area (TPSA) is 9.23 Å². The number of benzene rings is 2. The predicted octanol–water partition coefficient (Wildman–Crippen LogP) is 5.89. The molecule has 0 radical (unpaired) electrons. The quantitative estimate of drug-likeness (QED) is 0.641. The highest BCUT2D eigenvalue weighted by Gasteiger charge is 2.34. The van der Waals surface area contributed by atoms with Crippen molar-refractivity contribution >= 4 is 23.2 Å². The summed E-state index contributed by atoms with van der Waals surface area (Å²) in [6, 6.07) is 9.69. The molecule has 20 heavy (non-hydrogen) atoms. The summed E-state index contributed by atoms with van der Waals surface area (Å²) >= 11 is 11.7. The molecule has 0 aliphatic rings. The van der Waals surface area contributed by atoms with E-state index in [9.17, 15) is 13.2 Å². The van der Waals surface area contributed by atoms with Gasteiger partial charge in [0.15, 0.2) is 0 Å². The number of hydrogen-bond acceptors (Lipinski definition) is 1. The lowest BCUT2D eigenvalue weighted by Gasteiger charge is -2.15. The molecule has 0 fully saturated rings. The number of halogens is 5. The van der Waals surface area contributed by atoms with Gasteiger partial charge in [-0.2, -0.15) is 13.2 Å². The van der Waals surface area contributed by atoms with Crippen LogP contribution in [0.25, 0.3) is 0 Å². The molecule has 0 aromatic heterocycles. The molecular formula is C14H9Cl2F3O. The minimum Gasteiger partial charge on any atom is -0.456 e. The summed E-state index contributed by atoms with van der Waals surface area (Å²) in [5.41, 5.74) is -0.395. The zero-order valence-corrected chi connectivity index (χ0v) is 11.6. The second kappa shape index (κ2) is 5.94. The van der Waals surface area contributed by atoms with Crippen molar-refractivity contribution in [2.24, 2.45) is 0 Å². The molecule has 0 saturated heterocycles. The van der Waals surface area contributed by atoms with Crippen LogP contribution >= 0.6 is 23.2 Å². The SMILES string of the molecule is FC(F)(F)c1ccccc1Oc1cccc(Cl)c1CCl. The third-order valence-corrected chi connectivity index (χ3v) is 3.24. The summed E-state index contributed by atoms with van der Waals surface area (Å²) < 4.78 is 44.0. The largest absolute Gasteiger partial charge is 0.456 e. The number of rotatable bonds is 3. The van der Waals surface area contributed by atoms with Gasteiger partial charge in [-0.15, -0.1) is 11.6 Å². The second-order valence-electron chi connectivity index (χ2n) is 3.95. The van der Waals surface area contributed by atoms with Crippen molar-refractivity contribution < 1.29 is 17.9 Å². The molecular weight excluding hydrogens is 312 g/mol. The van der Waals surface area contributed by atoms with E-state index in [2.05, 4.69) is 0 Å². The van der Waals surface area contributed by atoms with E-state index in [4.69, 9.17) is 27.9 Å². The summed E-state index contributed by atoms with van der Waals surface area (Å²) in [4.78, 5) is 0. The van der Waals surface area contributed by atoms with E-state index in [-0.39, 0.29) is 17.4 Å². The molecule has 0 amide bonds. The molecule has 2 rings (SSSR count). The minimum absolute atomic E-state index is 0.0448. The summed E-state index contributed by atoms with van der Waals surface area (Å²) in [6.07, 6.45) is -4.49. The Morgan fingerprint density at radius 1 is 0.950 bits per heavy atom. The first kappa shape index (κ1) is 15.0. The molecule has 6 heteroatoms. The van der Waals surface area contributed by atoms with E-state index in [0.717, 1.165) is 6.07 Å². The van der Waals surface area contributed by atoms with Crippen molar-refractivity contribution in [1.82, 2.24) is 0 Å². The maximum absolute atomic E-state index is 12.9. The molecule has 0 bridgehead atoms. The maximum atomic E-state index is 12.9. The summed E-state index contributed by atoms with van der Waals surface area (Å²) in [5, 5.41) is 0.349. The maximum Gasteiger partial charge on any atom is 0.419 e. The van der Waals surface area contributed by atoms with Crippen LogP contribution in [0.5, 0.6) is 11.5 Å². The van der Waals surface area contributed by atoms with Gasteiger partial charge in [0.05, 0.1) is 11.4 Å². The number of ether oxygens (including phenoxy) is 1. The van der Waals surface area contributed by atoms with Gasteiger partial charge in [-0.1, -0.05) is 29.8 Å². The van der Waals surface area contributed by atoms with Crippen molar-refractivity contribution in [3.63, 3.8) is 0 Å². The Kier molecular flexibility index (Phi) is 4.45. The fourth-order valence-electron chi connectivity index (χ4n) is 1.67. The van der Waals surface area contributed by atoms with Gasteiger partial charge in [-0.05, 0) is 24.3 Å². The van der Waals surface area contributed by atoms with Crippen molar-refractivity contribution in [3.05, 3.63) is 58.6 Å². The molecule has 0 unspecified atom stereocenters. The van der Waals surface area contributed by atoms with Crippen LogP contribution in [0, 0.1) is 0 Å². The molecule has 0 heterocycles. The first-order valence-electron chi connectivity index (χ1n) is 5.61. The third kappa shape index (κ3) is 3.19. The zero-order chi connectivity index (χ0) is 14.8. The minimum atomic E-state index is -4.49. The zero-order valence-electron chi connectivity index (χ0n) is 10.0. The summed E-state index contributed by atoms with van der Waals surface area (Å²) in [7, 11) is 0. The average molecular weight is 321 g/mol. The van der Waals surface area contributed by atoms with E-state index >= 15 is 0 Å². The predicted molar refractivity (Wildman–Crippen MR) is 72.5 cm³/mol. The van der Waals surface area contributed by atoms with Gasteiger partial charge >= 0.3 is 6.18 Å². The number of hydrogen-bond donors (Lipinski definition) is 0. The lowest BCUT2D eigenvalue weighted by atomic mass is 10.2. The van der Waals surface area contributed by atoms with Crippen molar-refractivity contribution in [3.8, 4) is 11.5 Å². The Balaban J connectivity index is 2.44. The van der Waals surface area contributed by atoms with Crippen LogP contribution in [0.1, 0.15) is 11.1 Å². The highest BCUT2D eigenvalue weighted by atomic mass is 35.5. The normalized spacial score (nSPS) is 11.4. The fourth-order valence-corrected chi connectivity index (χ4v) is 2.25. The highest BCUT2D eigenvalue weighted by Crippen LogP contribution is 2.39. The van der Waals surface area contributed by atoms with E-state index < -0.39 is 11.7 Å². The van der Waals surface area contributed by atoms with Crippen LogP contribution < -0.4 is 4.74 Å². The Hall–Kier alpha value is -1.39. The molecule has 0 aliphatic carbocycles. The smallest absolute Gasteiger partial charge is 0.419 e. The van der Waals surface area contributed by atoms with Crippen LogP contribution in [0.3, 0.4) is 0 Å². The van der Waals surface area contributed by atoms with E-state index in [0.29, 0.717) is 10.6 Å². The Morgan fingerprint density at radius 3 is 2.25 bits per heavy atom. The summed E-state index contributed by atoms with van der Waals surface area (Å²) in [6.45, 7) is 0. The standard InChI is InChI=1S/C14H9Cl2F3O/c15-8-9-11(16)5-3-7-12(9)20-13-6-2-1-4-10(13)14(17,18)19/h1-7H,8H2. The van der Waals surface area contributed by atoms with Gasteiger partial charge < -0.3 is 4.74 Å². The molecule has 1 nitrogen and oxygen atoms in total. The van der Waals surface area contributed by atoms with E-state index in [1.54, 1.807) is 12.1 Å². The fraction of sp³-hybridized carbons (Fsp3) is 0.143. The monoisotopic (exact) mass is 320 g/mol. The van der Waals surface area contributed by atoms with Crippen molar-refractivity contribution in [2.45, 2.75) is 12.1 Å². The van der Waals surface area contributed by atoms with E-state index in [1.807, 2.05) is 0 Å². The van der Waals surface area contributed by atoms with Crippen LogP contribution in [0.4, 0.5) is 13.2 Å². The first-order chi connectivity index (χ1) is 9.43. The Labute approximate surface area is 123 Å². The molecule has 0 saturated carbocycles. The van der Waals surface area contributed by atoms with Gasteiger partial charge in [0.2, 0.25) is 0 Å². The molecule has 0 aliphatic heterocycles. The van der Waals surface area contributed by atoms with Gasteiger partial charge in [-0.3, -0.25) is 0 Å². The first-order valence-corrected chi connectivity index (χ1v) is 6.52. The lowest BCUT2D eigenvalue weighted by molar-refractivity contribution is -0.138. The van der Waals surface area contributed by atoms with Crippen LogP contribution in [-0.2, 0) is 12.1 Å². The molecule has 0 atom stereocenters. The second-order valence-corrected chi connectivity index (χ2v) is 4.62. The number of alkyl halides is 4. The van der Waals surface area contributed by atoms with Gasteiger partial charge in [0, 0.05) is 10.6 Å². The molecule has 0 N–H and O–H groups in total. The van der Waals surface area contributed by atoms with Gasteiger partial charge in [-0.25, -0.2) is 0 Å². The van der Waals surface area contributed by atoms with E-state index in [1.165, 1.54) is 24.3 Å². The molecule has 2 aromatic carbocycles. The van der Waals surface area contributed by atoms with Crippen LogP contribution in [0.15, 0.2) is 42.5 Å². The number of para-hydroxylation sites is 1. The average Bonchev–Trinajstić information content (AvgIpc) is 2.38. The molecule has 0 spiro atoms. The van der Waals surface area contributed by atoms with Crippen molar-refractivity contribution in [1.29, 1.82) is 0 Å².